The first-order valence-electron chi connectivity index (χ1n) is 9.49. The minimum atomic E-state index is -4.73. The van der Waals surface area contributed by atoms with Gasteiger partial charge in [0.1, 0.15) is 10.9 Å². The number of pyridine rings is 1. The number of carboxylic acid groups (broad SMARTS) is 1. The quantitative estimate of drug-likeness (QED) is 0.183. The predicted molar refractivity (Wildman–Crippen MR) is 112 cm³/mol. The first-order valence-corrected chi connectivity index (χ1v) is 9.87. The molecule has 14 heteroatoms. The first kappa shape index (κ1) is 26.1. The standard InChI is InChI=1S/C13H6ClF3N2O3.C8H9F3N2/c14-10-9(12(20)21)18-11-7(13(15,16)17)4-6(5-19(10)11)8-2-1-3-22-8;9-8(10,11)7-4-2-1-3-6(7)5-13-12/h1-5H,(H,20,21);1-4,13H,5,12H2. The van der Waals surface area contributed by atoms with E-state index in [1.807, 2.05) is 0 Å². The molecule has 4 N–H and O–H groups in total. The molecule has 3 heterocycles. The second-order valence-corrected chi connectivity index (χ2v) is 7.26. The number of carbonyl (C=O) groups is 1. The Bertz CT molecular complexity index is 1330. The summed E-state index contributed by atoms with van der Waals surface area (Å²) in [5.41, 5.74) is -0.529. The van der Waals surface area contributed by atoms with Gasteiger partial charge < -0.3 is 9.52 Å². The van der Waals surface area contributed by atoms with Gasteiger partial charge in [-0.05, 0) is 29.8 Å². The van der Waals surface area contributed by atoms with Crippen molar-refractivity contribution in [3.8, 4) is 11.3 Å². The fourth-order valence-electron chi connectivity index (χ4n) is 3.10. The molecule has 0 aliphatic rings. The van der Waals surface area contributed by atoms with E-state index in [1.165, 1.54) is 36.7 Å². The second-order valence-electron chi connectivity index (χ2n) is 6.90. The zero-order chi connectivity index (χ0) is 26.0. The van der Waals surface area contributed by atoms with Gasteiger partial charge in [-0.1, -0.05) is 29.8 Å². The van der Waals surface area contributed by atoms with Gasteiger partial charge in [-0.3, -0.25) is 15.7 Å². The van der Waals surface area contributed by atoms with Gasteiger partial charge in [0.25, 0.3) is 0 Å². The van der Waals surface area contributed by atoms with Crippen LogP contribution >= 0.6 is 11.6 Å². The van der Waals surface area contributed by atoms with Crippen molar-refractivity contribution in [1.82, 2.24) is 14.8 Å². The van der Waals surface area contributed by atoms with Gasteiger partial charge in [0.15, 0.2) is 11.3 Å². The third-order valence-electron chi connectivity index (χ3n) is 4.59. The van der Waals surface area contributed by atoms with Gasteiger partial charge in [0.2, 0.25) is 0 Å². The lowest BCUT2D eigenvalue weighted by atomic mass is 10.1. The summed E-state index contributed by atoms with van der Waals surface area (Å²) in [6, 6.07) is 9.15. The molecule has 0 aliphatic heterocycles. The normalized spacial score (nSPS) is 11.9. The van der Waals surface area contributed by atoms with Crippen LogP contribution in [0.1, 0.15) is 27.2 Å². The lowest BCUT2D eigenvalue weighted by Crippen LogP contribution is -2.23. The Morgan fingerprint density at radius 3 is 2.29 bits per heavy atom. The summed E-state index contributed by atoms with van der Waals surface area (Å²) in [6.07, 6.45) is -6.49. The number of carboxylic acids is 1. The maximum atomic E-state index is 13.2. The largest absolute Gasteiger partial charge is 0.476 e. The number of halogens is 7. The van der Waals surface area contributed by atoms with E-state index in [-0.39, 0.29) is 23.4 Å². The van der Waals surface area contributed by atoms with Crippen molar-refractivity contribution in [2.45, 2.75) is 18.9 Å². The molecule has 0 fully saturated rings. The highest BCUT2D eigenvalue weighted by atomic mass is 35.5. The lowest BCUT2D eigenvalue weighted by molar-refractivity contribution is -0.138. The maximum Gasteiger partial charge on any atom is 0.420 e. The number of rotatable bonds is 4. The summed E-state index contributed by atoms with van der Waals surface area (Å²) < 4.78 is 82.5. The molecule has 0 spiro atoms. The van der Waals surface area contributed by atoms with Crippen LogP contribution in [-0.2, 0) is 18.9 Å². The number of nitrogens with zero attached hydrogens (tertiary/aromatic N) is 2. The van der Waals surface area contributed by atoms with Gasteiger partial charge in [0.05, 0.1) is 17.4 Å². The van der Waals surface area contributed by atoms with Gasteiger partial charge in [0, 0.05) is 18.3 Å². The maximum absolute atomic E-state index is 13.2. The van der Waals surface area contributed by atoms with E-state index in [0.717, 1.165) is 16.5 Å². The van der Waals surface area contributed by atoms with Gasteiger partial charge in [-0.25, -0.2) is 9.78 Å². The molecule has 1 aromatic carbocycles. The predicted octanol–water partition coefficient (Wildman–Crippen LogP) is 5.63. The van der Waals surface area contributed by atoms with Crippen LogP contribution in [0.4, 0.5) is 26.3 Å². The average Bonchev–Trinajstić information content (AvgIpc) is 3.41. The van der Waals surface area contributed by atoms with Crippen LogP contribution in [0.25, 0.3) is 17.0 Å². The van der Waals surface area contributed by atoms with Crippen LogP contribution in [0.5, 0.6) is 0 Å². The number of nitrogens with one attached hydrogen (secondary N) is 1. The third kappa shape index (κ3) is 5.75. The molecule has 0 radical (unpaired) electrons. The highest BCUT2D eigenvalue weighted by molar-refractivity contribution is 6.32. The highest BCUT2D eigenvalue weighted by Gasteiger charge is 2.36. The molecule has 0 saturated carbocycles. The number of alkyl halides is 6. The second kappa shape index (κ2) is 9.98. The minimum absolute atomic E-state index is 0.00961. The first-order chi connectivity index (χ1) is 16.3. The number of imidazole rings is 1. The summed E-state index contributed by atoms with van der Waals surface area (Å²) in [6.45, 7) is 0.00961. The average molecular weight is 521 g/mol. The summed E-state index contributed by atoms with van der Waals surface area (Å²) in [7, 11) is 0. The molecule has 0 amide bonds. The highest BCUT2D eigenvalue weighted by Crippen LogP contribution is 2.37. The Kier molecular flexibility index (Phi) is 7.43. The van der Waals surface area contributed by atoms with Crippen molar-refractivity contribution in [2.75, 3.05) is 0 Å². The van der Waals surface area contributed by atoms with E-state index in [2.05, 4.69) is 10.4 Å². The summed E-state index contributed by atoms with van der Waals surface area (Å²) in [5, 5.41) is 8.54. The number of hydrogen-bond donors (Lipinski definition) is 3. The molecule has 35 heavy (non-hydrogen) atoms. The Labute approximate surface area is 197 Å². The van der Waals surface area contributed by atoms with Crippen LogP contribution < -0.4 is 11.3 Å². The van der Waals surface area contributed by atoms with Crippen molar-refractivity contribution in [3.05, 3.63) is 82.5 Å². The van der Waals surface area contributed by atoms with E-state index >= 15 is 0 Å². The smallest absolute Gasteiger partial charge is 0.420 e. The summed E-state index contributed by atoms with van der Waals surface area (Å²) >= 11 is 5.83. The third-order valence-corrected chi connectivity index (χ3v) is 4.95. The van der Waals surface area contributed by atoms with Gasteiger partial charge in [-0.2, -0.15) is 26.3 Å². The number of fused-ring (bicyclic) bond motifs is 1. The molecule has 3 aromatic heterocycles. The van der Waals surface area contributed by atoms with Gasteiger partial charge >= 0.3 is 18.3 Å². The molecule has 0 unspecified atom stereocenters. The van der Waals surface area contributed by atoms with E-state index in [9.17, 15) is 31.1 Å². The minimum Gasteiger partial charge on any atom is -0.476 e. The molecule has 186 valence electrons. The van der Waals surface area contributed by atoms with Crippen molar-refractivity contribution >= 4 is 23.2 Å². The molecule has 4 aromatic rings. The van der Waals surface area contributed by atoms with Crippen molar-refractivity contribution in [1.29, 1.82) is 0 Å². The van der Waals surface area contributed by atoms with E-state index in [0.29, 0.717) is 0 Å². The molecule has 0 aliphatic carbocycles. The number of benzene rings is 1. The number of furan rings is 1. The molecular formula is C21H15ClF6N4O3. The molecule has 4 rings (SSSR count). The monoisotopic (exact) mass is 520 g/mol. The van der Waals surface area contributed by atoms with Gasteiger partial charge in [-0.15, -0.1) is 0 Å². The van der Waals surface area contributed by atoms with E-state index < -0.39 is 45.9 Å². The Balaban J connectivity index is 0.000000225. The van der Waals surface area contributed by atoms with Crippen LogP contribution in [0.15, 0.2) is 59.3 Å². The molecule has 0 bridgehead atoms. The number of hydrazine groups is 1. The molecule has 0 saturated heterocycles. The van der Waals surface area contributed by atoms with Crippen molar-refractivity contribution in [2.24, 2.45) is 5.84 Å². The van der Waals surface area contributed by atoms with E-state index in [4.69, 9.17) is 27.0 Å². The number of nitrogens with two attached hydrogens (primary N) is 1. The number of hydrogen-bond acceptors (Lipinski definition) is 5. The molecule has 7 nitrogen and oxygen atoms in total. The van der Waals surface area contributed by atoms with Crippen molar-refractivity contribution < 1.29 is 40.7 Å². The Morgan fingerprint density at radius 2 is 1.74 bits per heavy atom. The van der Waals surface area contributed by atoms with Crippen LogP contribution in [0.2, 0.25) is 5.15 Å². The SMILES string of the molecule is NNCc1ccccc1C(F)(F)F.O=C(O)c1nc2c(C(F)(F)F)cc(-c3ccco3)cn2c1Cl. The topological polar surface area (TPSA) is 106 Å². The summed E-state index contributed by atoms with van der Waals surface area (Å²) in [4.78, 5) is 14.5. The Hall–Kier alpha value is -3.55. The van der Waals surface area contributed by atoms with E-state index in [1.54, 1.807) is 6.07 Å². The van der Waals surface area contributed by atoms with Crippen LogP contribution in [-0.4, -0.2) is 20.5 Å². The molecular weight excluding hydrogens is 506 g/mol. The molecule has 0 atom stereocenters. The summed E-state index contributed by atoms with van der Waals surface area (Å²) in [5.74, 6) is 3.63. The lowest BCUT2D eigenvalue weighted by Gasteiger charge is -2.11. The van der Waals surface area contributed by atoms with Crippen LogP contribution in [0.3, 0.4) is 0 Å². The number of aromatic carboxylic acids is 1. The fourth-order valence-corrected chi connectivity index (χ4v) is 3.35. The fraction of sp³-hybridized carbons (Fsp3) is 0.143. The van der Waals surface area contributed by atoms with Crippen molar-refractivity contribution in [3.63, 3.8) is 0 Å². The Morgan fingerprint density at radius 1 is 1.09 bits per heavy atom. The van der Waals surface area contributed by atoms with Crippen LogP contribution in [0, 0.1) is 0 Å². The zero-order valence-corrected chi connectivity index (χ0v) is 18.0. The number of aromatic nitrogens is 2. The zero-order valence-electron chi connectivity index (χ0n) is 17.3.